The van der Waals surface area contributed by atoms with Crippen LogP contribution in [0.4, 0.5) is 4.79 Å². The summed E-state index contributed by atoms with van der Waals surface area (Å²) in [5.41, 5.74) is 1.68. The van der Waals surface area contributed by atoms with Gasteiger partial charge in [0.25, 0.3) is 0 Å². The van der Waals surface area contributed by atoms with E-state index < -0.39 is 30.1 Å². The summed E-state index contributed by atoms with van der Waals surface area (Å²) in [6, 6.07) is 27.8. The van der Waals surface area contributed by atoms with Crippen molar-refractivity contribution in [1.82, 2.24) is 10.2 Å². The van der Waals surface area contributed by atoms with Crippen molar-refractivity contribution in [2.45, 2.75) is 39.0 Å². The molecule has 230 valence electrons. The first-order valence-corrected chi connectivity index (χ1v) is 14.5. The lowest BCUT2D eigenvalue weighted by atomic mass is 9.99. The van der Waals surface area contributed by atoms with Gasteiger partial charge in [-0.05, 0) is 39.9 Å². The second-order valence-corrected chi connectivity index (χ2v) is 10.8. The van der Waals surface area contributed by atoms with Gasteiger partial charge in [0.1, 0.15) is 12.6 Å². The highest BCUT2D eigenvalue weighted by molar-refractivity contribution is 5.88. The van der Waals surface area contributed by atoms with E-state index in [0.717, 1.165) is 21.9 Å². The molecule has 0 aliphatic rings. The van der Waals surface area contributed by atoms with E-state index in [1.54, 1.807) is 24.3 Å². The predicted molar refractivity (Wildman–Crippen MR) is 167 cm³/mol. The van der Waals surface area contributed by atoms with E-state index >= 15 is 0 Å². The Kier molecular flexibility index (Phi) is 11.3. The van der Waals surface area contributed by atoms with E-state index in [-0.39, 0.29) is 37.8 Å². The Morgan fingerprint density at radius 3 is 2.18 bits per heavy atom. The van der Waals surface area contributed by atoms with E-state index in [1.165, 1.54) is 12.0 Å². The van der Waals surface area contributed by atoms with Crippen molar-refractivity contribution in [3.63, 3.8) is 0 Å². The number of carbonyl (C=O) groups excluding carboxylic acids is 3. The molecule has 1 unspecified atom stereocenters. The van der Waals surface area contributed by atoms with Crippen molar-refractivity contribution < 1.29 is 33.7 Å². The van der Waals surface area contributed by atoms with Crippen LogP contribution in [0.15, 0.2) is 97.1 Å². The largest absolute Gasteiger partial charge is 0.493 e. The monoisotopic (exact) mass is 598 g/mol. The van der Waals surface area contributed by atoms with Crippen molar-refractivity contribution in [2.24, 2.45) is 5.92 Å². The SMILES string of the molecule is COc1ccccc1OC(=O)C(O)CN(CC(C)C)C(=O)N[C@@H](Cc1cccc2ccccc12)C(=O)OCc1ccccc1. The minimum absolute atomic E-state index is 0.000244. The Labute approximate surface area is 257 Å². The number of hydrogen-bond acceptors (Lipinski definition) is 7. The molecule has 0 saturated heterocycles. The van der Waals surface area contributed by atoms with Gasteiger partial charge in [-0.3, -0.25) is 0 Å². The summed E-state index contributed by atoms with van der Waals surface area (Å²) < 4.78 is 16.2. The van der Waals surface area contributed by atoms with Crippen LogP contribution in [0.1, 0.15) is 25.0 Å². The Balaban J connectivity index is 1.52. The fourth-order valence-corrected chi connectivity index (χ4v) is 4.80. The van der Waals surface area contributed by atoms with Crippen molar-refractivity contribution in [3.05, 3.63) is 108 Å². The fourth-order valence-electron chi connectivity index (χ4n) is 4.80. The Hall–Kier alpha value is -4.89. The van der Waals surface area contributed by atoms with Gasteiger partial charge in [-0.15, -0.1) is 0 Å². The summed E-state index contributed by atoms with van der Waals surface area (Å²) in [7, 11) is 1.44. The summed E-state index contributed by atoms with van der Waals surface area (Å²) in [5, 5.41) is 15.5. The smallest absolute Gasteiger partial charge is 0.342 e. The number of aliphatic hydroxyl groups excluding tert-OH is 1. The molecule has 4 aromatic carbocycles. The van der Waals surface area contributed by atoms with Gasteiger partial charge < -0.3 is 29.5 Å². The maximum absolute atomic E-state index is 13.7. The van der Waals surface area contributed by atoms with Gasteiger partial charge >= 0.3 is 18.0 Å². The first-order valence-electron chi connectivity index (χ1n) is 14.5. The van der Waals surface area contributed by atoms with Crippen LogP contribution in [-0.2, 0) is 27.4 Å². The van der Waals surface area contributed by atoms with E-state index in [2.05, 4.69) is 5.32 Å². The van der Waals surface area contributed by atoms with Gasteiger partial charge in [-0.25, -0.2) is 14.4 Å². The fraction of sp³-hybridized carbons (Fsp3) is 0.286. The molecule has 9 nitrogen and oxygen atoms in total. The highest BCUT2D eigenvalue weighted by atomic mass is 16.6. The van der Waals surface area contributed by atoms with Crippen LogP contribution in [0.5, 0.6) is 11.5 Å². The molecular formula is C35H38N2O7. The number of amides is 2. The van der Waals surface area contributed by atoms with Crippen molar-refractivity contribution >= 4 is 28.7 Å². The number of rotatable bonds is 13. The van der Waals surface area contributed by atoms with Crippen LogP contribution in [0.25, 0.3) is 10.8 Å². The molecule has 2 N–H and O–H groups in total. The molecule has 0 aliphatic carbocycles. The molecule has 0 aliphatic heterocycles. The highest BCUT2D eigenvalue weighted by Crippen LogP contribution is 2.26. The summed E-state index contributed by atoms with van der Waals surface area (Å²) in [4.78, 5) is 41.2. The first kappa shape index (κ1) is 32.0. The van der Waals surface area contributed by atoms with E-state index in [4.69, 9.17) is 14.2 Å². The molecule has 0 radical (unpaired) electrons. The molecule has 0 saturated carbocycles. The normalized spacial score (nSPS) is 12.3. The average Bonchev–Trinajstić information content (AvgIpc) is 3.03. The molecule has 0 heterocycles. The Morgan fingerprint density at radius 2 is 1.45 bits per heavy atom. The molecule has 4 rings (SSSR count). The zero-order valence-electron chi connectivity index (χ0n) is 25.1. The van der Waals surface area contributed by atoms with Crippen LogP contribution in [0.3, 0.4) is 0 Å². The Bertz CT molecular complexity index is 1550. The average molecular weight is 599 g/mol. The minimum Gasteiger partial charge on any atom is -0.493 e. The molecule has 0 aromatic heterocycles. The van der Waals surface area contributed by atoms with Gasteiger partial charge in [-0.2, -0.15) is 0 Å². The number of para-hydroxylation sites is 2. The number of esters is 2. The molecule has 0 fully saturated rings. The van der Waals surface area contributed by atoms with Crippen LogP contribution in [-0.4, -0.2) is 60.3 Å². The second-order valence-electron chi connectivity index (χ2n) is 10.8. The van der Waals surface area contributed by atoms with Crippen LogP contribution in [0.2, 0.25) is 0 Å². The maximum atomic E-state index is 13.7. The molecular weight excluding hydrogens is 560 g/mol. The van der Waals surface area contributed by atoms with Gasteiger partial charge in [0.2, 0.25) is 0 Å². The number of aliphatic hydroxyl groups is 1. The number of carbonyl (C=O) groups is 3. The zero-order valence-corrected chi connectivity index (χ0v) is 25.1. The molecule has 4 aromatic rings. The topological polar surface area (TPSA) is 114 Å². The van der Waals surface area contributed by atoms with Crippen LogP contribution >= 0.6 is 0 Å². The summed E-state index contributed by atoms with van der Waals surface area (Å²) in [6.45, 7) is 3.72. The zero-order chi connectivity index (χ0) is 31.5. The van der Waals surface area contributed by atoms with Crippen molar-refractivity contribution in [1.29, 1.82) is 0 Å². The third kappa shape index (κ3) is 8.81. The molecule has 0 spiro atoms. The lowest BCUT2D eigenvalue weighted by molar-refractivity contribution is -0.147. The molecule has 2 atom stereocenters. The number of nitrogens with one attached hydrogen (secondary N) is 1. The van der Waals surface area contributed by atoms with E-state index in [1.807, 2.05) is 86.6 Å². The second kappa shape index (κ2) is 15.5. The van der Waals surface area contributed by atoms with Gasteiger partial charge in [0.05, 0.1) is 13.7 Å². The van der Waals surface area contributed by atoms with Gasteiger partial charge in [0, 0.05) is 13.0 Å². The number of benzene rings is 4. The lowest BCUT2D eigenvalue weighted by Gasteiger charge is -2.28. The molecule has 0 bridgehead atoms. The van der Waals surface area contributed by atoms with Gasteiger partial charge in [0.15, 0.2) is 17.6 Å². The highest BCUT2D eigenvalue weighted by Gasteiger charge is 2.30. The summed E-state index contributed by atoms with van der Waals surface area (Å²) in [5.74, 6) is -1.06. The first-order chi connectivity index (χ1) is 21.2. The summed E-state index contributed by atoms with van der Waals surface area (Å²) >= 11 is 0. The molecule has 9 heteroatoms. The number of ether oxygens (including phenoxy) is 3. The number of nitrogens with zero attached hydrogens (tertiary/aromatic N) is 1. The van der Waals surface area contributed by atoms with Gasteiger partial charge in [-0.1, -0.05) is 98.8 Å². The van der Waals surface area contributed by atoms with E-state index in [0.29, 0.717) is 5.75 Å². The number of hydrogen-bond donors (Lipinski definition) is 2. The quantitative estimate of drug-likeness (QED) is 0.162. The summed E-state index contributed by atoms with van der Waals surface area (Å²) in [6.07, 6.45) is -1.47. The lowest BCUT2D eigenvalue weighted by Crippen LogP contribution is -2.53. The maximum Gasteiger partial charge on any atom is 0.342 e. The Morgan fingerprint density at radius 1 is 0.795 bits per heavy atom. The predicted octanol–water partition coefficient (Wildman–Crippen LogP) is 5.14. The molecule has 2 amide bonds. The van der Waals surface area contributed by atoms with E-state index in [9.17, 15) is 19.5 Å². The number of methoxy groups -OCH3 is 1. The third-order valence-corrected chi connectivity index (χ3v) is 6.93. The van der Waals surface area contributed by atoms with Crippen molar-refractivity contribution in [2.75, 3.05) is 20.2 Å². The van der Waals surface area contributed by atoms with Crippen LogP contribution < -0.4 is 14.8 Å². The van der Waals surface area contributed by atoms with Crippen LogP contribution in [0, 0.1) is 5.92 Å². The number of fused-ring (bicyclic) bond motifs is 1. The number of urea groups is 1. The molecule has 44 heavy (non-hydrogen) atoms. The standard InChI is InChI=1S/C35H38N2O7/c1-24(2)21-37(22-30(38)34(40)44-32-19-10-9-18-31(32)42-3)35(41)36-29(33(39)43-23-25-12-5-4-6-13-25)20-27-16-11-15-26-14-7-8-17-28(26)27/h4-19,24,29-30,38H,20-23H2,1-3H3,(H,36,41)/t29-,30?/m0/s1. The third-order valence-electron chi connectivity index (χ3n) is 6.93. The van der Waals surface area contributed by atoms with Crippen molar-refractivity contribution in [3.8, 4) is 11.5 Å². The minimum atomic E-state index is -1.65.